The molecule has 1 aromatic heterocycles. The van der Waals surface area contributed by atoms with E-state index in [1.807, 2.05) is 55.5 Å². The maximum atomic E-state index is 11.2. The van der Waals surface area contributed by atoms with Crippen LogP contribution in [0, 0.1) is 11.3 Å². The third-order valence-electron chi connectivity index (χ3n) is 4.95. The van der Waals surface area contributed by atoms with Gasteiger partial charge in [-0.2, -0.15) is 5.26 Å². The fourth-order valence-electron chi connectivity index (χ4n) is 3.42. The molecule has 160 valence electrons. The van der Waals surface area contributed by atoms with Crippen molar-refractivity contribution in [2.75, 3.05) is 11.9 Å². The molecule has 3 aromatic rings. The molecule has 0 fully saturated rings. The van der Waals surface area contributed by atoms with E-state index < -0.39 is 6.04 Å². The number of hydrogen-bond donors (Lipinski definition) is 1. The molecular formula is C27H25N3O2. The van der Waals surface area contributed by atoms with E-state index in [4.69, 9.17) is 4.74 Å². The van der Waals surface area contributed by atoms with E-state index in [2.05, 4.69) is 29.5 Å². The number of carbonyl (C=O) groups excluding carboxylic acids is 1. The molecule has 1 unspecified atom stereocenters. The summed E-state index contributed by atoms with van der Waals surface area (Å²) in [5.74, 6) is 0.817. The lowest BCUT2D eigenvalue weighted by atomic mass is 9.99. The molecule has 1 atom stereocenters. The van der Waals surface area contributed by atoms with Gasteiger partial charge in [-0.25, -0.2) is 4.98 Å². The second-order valence-corrected chi connectivity index (χ2v) is 7.16. The number of hydrogen-bond acceptors (Lipinski definition) is 5. The number of anilines is 1. The van der Waals surface area contributed by atoms with Crippen molar-refractivity contribution in [3.8, 4) is 34.2 Å². The summed E-state index contributed by atoms with van der Waals surface area (Å²) in [4.78, 5) is 15.9. The van der Waals surface area contributed by atoms with Gasteiger partial charge in [-0.1, -0.05) is 61.7 Å². The Morgan fingerprint density at radius 1 is 1.19 bits per heavy atom. The minimum atomic E-state index is -0.480. The Morgan fingerprint density at radius 3 is 2.50 bits per heavy atom. The SMILES string of the molecule is C=C/C=c1/nc(-c2ccc(-c3ccccc3OCC)cc2)c(C#N)c(NC(C)C=O)c1=C. The minimum absolute atomic E-state index is 0.340. The van der Waals surface area contributed by atoms with Gasteiger partial charge in [0, 0.05) is 16.3 Å². The van der Waals surface area contributed by atoms with E-state index >= 15 is 0 Å². The van der Waals surface area contributed by atoms with Gasteiger partial charge in [0.25, 0.3) is 0 Å². The number of pyridine rings is 1. The summed E-state index contributed by atoms with van der Waals surface area (Å²) in [6, 6.07) is 17.4. The lowest BCUT2D eigenvalue weighted by Gasteiger charge is -2.15. The molecule has 32 heavy (non-hydrogen) atoms. The summed E-state index contributed by atoms with van der Waals surface area (Å²) >= 11 is 0. The van der Waals surface area contributed by atoms with Crippen molar-refractivity contribution in [2.45, 2.75) is 19.9 Å². The highest BCUT2D eigenvalue weighted by Crippen LogP contribution is 2.32. The van der Waals surface area contributed by atoms with Crippen molar-refractivity contribution >= 4 is 24.6 Å². The number of allylic oxidation sites excluding steroid dienone is 1. The predicted octanol–water partition coefficient (Wildman–Crippen LogP) is 4.06. The van der Waals surface area contributed by atoms with E-state index in [1.165, 1.54) is 0 Å². The molecular weight excluding hydrogens is 398 g/mol. The van der Waals surface area contributed by atoms with E-state index in [9.17, 15) is 10.1 Å². The van der Waals surface area contributed by atoms with Crippen LogP contribution in [-0.4, -0.2) is 23.9 Å². The average Bonchev–Trinajstić information content (AvgIpc) is 2.82. The molecule has 1 N–H and O–H groups in total. The third kappa shape index (κ3) is 4.60. The van der Waals surface area contributed by atoms with Gasteiger partial charge in [0.1, 0.15) is 23.7 Å². The Morgan fingerprint density at radius 2 is 1.88 bits per heavy atom. The standard InChI is InChI=1S/C27H25N3O2/c1-5-9-24-19(4)26(29-18(3)17-31)23(16-28)27(30-24)21-14-12-20(13-15-21)22-10-7-8-11-25(22)32-6-2/h5,7-15,17-18,29H,1,4,6H2,2-3H3/b24-9+. The summed E-state index contributed by atoms with van der Waals surface area (Å²) < 4.78 is 5.75. The highest BCUT2D eigenvalue weighted by molar-refractivity contribution is 5.79. The first kappa shape index (κ1) is 22.5. The molecule has 2 aromatic carbocycles. The molecule has 0 amide bonds. The molecule has 0 aliphatic carbocycles. The zero-order valence-corrected chi connectivity index (χ0v) is 18.3. The number of para-hydroxylation sites is 1. The first-order valence-electron chi connectivity index (χ1n) is 10.3. The number of ether oxygens (including phenoxy) is 1. The highest BCUT2D eigenvalue weighted by atomic mass is 16.5. The van der Waals surface area contributed by atoms with Crippen LogP contribution in [0.5, 0.6) is 5.75 Å². The van der Waals surface area contributed by atoms with Gasteiger partial charge in [-0.15, -0.1) is 0 Å². The number of carbonyl (C=O) groups is 1. The van der Waals surface area contributed by atoms with E-state index in [1.54, 1.807) is 19.1 Å². The number of nitriles is 1. The Kier molecular flexibility index (Phi) is 7.20. The smallest absolute Gasteiger partial charge is 0.141 e. The Hall–Kier alpha value is -4.17. The van der Waals surface area contributed by atoms with Crippen LogP contribution in [0.3, 0.4) is 0 Å². The molecule has 0 bridgehead atoms. The van der Waals surface area contributed by atoms with Gasteiger partial charge in [0.05, 0.1) is 29.4 Å². The zero-order chi connectivity index (χ0) is 23.1. The van der Waals surface area contributed by atoms with Gasteiger partial charge >= 0.3 is 0 Å². The van der Waals surface area contributed by atoms with Crippen molar-refractivity contribution < 1.29 is 9.53 Å². The number of aldehydes is 1. The predicted molar refractivity (Wildman–Crippen MR) is 130 cm³/mol. The molecule has 0 radical (unpaired) electrons. The van der Waals surface area contributed by atoms with Crippen LogP contribution in [0.25, 0.3) is 35.0 Å². The van der Waals surface area contributed by atoms with Crippen LogP contribution < -0.4 is 20.6 Å². The van der Waals surface area contributed by atoms with Gasteiger partial charge in [-0.05, 0) is 31.6 Å². The lowest BCUT2D eigenvalue weighted by molar-refractivity contribution is -0.108. The maximum Gasteiger partial charge on any atom is 0.141 e. The van der Waals surface area contributed by atoms with Gasteiger partial charge in [0.15, 0.2) is 0 Å². The van der Waals surface area contributed by atoms with Crippen LogP contribution in [-0.2, 0) is 4.79 Å². The van der Waals surface area contributed by atoms with Crippen LogP contribution in [0.1, 0.15) is 19.4 Å². The Bertz CT molecular complexity index is 1290. The van der Waals surface area contributed by atoms with Crippen LogP contribution in [0.4, 0.5) is 5.69 Å². The Labute approximate surface area is 188 Å². The Balaban J connectivity index is 2.17. The van der Waals surface area contributed by atoms with Crippen LogP contribution in [0.15, 0.2) is 61.2 Å². The van der Waals surface area contributed by atoms with E-state index in [0.29, 0.717) is 34.1 Å². The first-order chi connectivity index (χ1) is 15.5. The zero-order valence-electron chi connectivity index (χ0n) is 18.3. The summed E-state index contributed by atoms with van der Waals surface area (Å²) in [5.41, 5.74) is 4.11. The summed E-state index contributed by atoms with van der Waals surface area (Å²) in [6.45, 7) is 12.1. The van der Waals surface area contributed by atoms with Crippen LogP contribution in [0.2, 0.25) is 0 Å². The molecule has 5 nitrogen and oxygen atoms in total. The van der Waals surface area contributed by atoms with Crippen molar-refractivity contribution in [1.29, 1.82) is 5.26 Å². The lowest BCUT2D eigenvalue weighted by Crippen LogP contribution is -2.34. The highest BCUT2D eigenvalue weighted by Gasteiger charge is 2.16. The van der Waals surface area contributed by atoms with Gasteiger partial charge < -0.3 is 14.8 Å². The minimum Gasteiger partial charge on any atom is -0.493 e. The monoisotopic (exact) mass is 423 g/mol. The number of nitrogens with zero attached hydrogens (tertiary/aromatic N) is 2. The maximum absolute atomic E-state index is 11.2. The molecule has 0 aliphatic rings. The molecule has 0 spiro atoms. The average molecular weight is 424 g/mol. The first-order valence-corrected chi connectivity index (χ1v) is 10.3. The second kappa shape index (κ2) is 10.2. The summed E-state index contributed by atoms with van der Waals surface area (Å²) in [5, 5.41) is 14.1. The van der Waals surface area contributed by atoms with Gasteiger partial charge in [-0.3, -0.25) is 0 Å². The van der Waals surface area contributed by atoms with Crippen LogP contribution >= 0.6 is 0 Å². The summed E-state index contributed by atoms with van der Waals surface area (Å²) in [6.07, 6.45) is 4.13. The fraction of sp³-hybridized carbons (Fsp3) is 0.148. The van der Waals surface area contributed by atoms with Crippen molar-refractivity contribution in [3.63, 3.8) is 0 Å². The number of benzene rings is 2. The van der Waals surface area contributed by atoms with E-state index in [0.717, 1.165) is 28.7 Å². The summed E-state index contributed by atoms with van der Waals surface area (Å²) in [7, 11) is 0. The topological polar surface area (TPSA) is 75.0 Å². The molecule has 3 rings (SSSR count). The van der Waals surface area contributed by atoms with E-state index in [-0.39, 0.29) is 0 Å². The molecule has 0 saturated heterocycles. The second-order valence-electron chi connectivity index (χ2n) is 7.16. The largest absolute Gasteiger partial charge is 0.493 e. The third-order valence-corrected chi connectivity index (χ3v) is 4.95. The quantitative estimate of drug-likeness (QED) is 0.553. The molecule has 5 heteroatoms. The van der Waals surface area contributed by atoms with Gasteiger partial charge in [0.2, 0.25) is 0 Å². The normalized spacial score (nSPS) is 12.0. The fourth-order valence-corrected chi connectivity index (χ4v) is 3.42. The van der Waals surface area contributed by atoms with Crippen molar-refractivity contribution in [1.82, 2.24) is 4.98 Å². The number of nitrogens with one attached hydrogen (secondary N) is 1. The molecule has 1 heterocycles. The number of rotatable bonds is 8. The molecule has 0 aliphatic heterocycles. The molecule has 0 saturated carbocycles. The van der Waals surface area contributed by atoms with Crippen molar-refractivity contribution in [2.24, 2.45) is 0 Å². The number of aromatic nitrogens is 1. The van der Waals surface area contributed by atoms with Crippen molar-refractivity contribution in [3.05, 3.63) is 77.3 Å².